The van der Waals surface area contributed by atoms with Crippen molar-refractivity contribution in [3.8, 4) is 11.3 Å². The number of anilines is 4. The molecule has 3 heterocycles. The van der Waals surface area contributed by atoms with E-state index in [1.807, 2.05) is 30.5 Å². The molecule has 5 aromatic rings. The number of rotatable bonds is 5. The van der Waals surface area contributed by atoms with E-state index in [0.717, 1.165) is 50.6 Å². The van der Waals surface area contributed by atoms with Crippen LogP contribution in [-0.4, -0.2) is 19.9 Å². The second kappa shape index (κ2) is 9.14. The van der Waals surface area contributed by atoms with Crippen LogP contribution in [0.5, 0.6) is 0 Å². The van der Waals surface area contributed by atoms with E-state index in [4.69, 9.17) is 0 Å². The Morgan fingerprint density at radius 1 is 0.714 bits per heavy atom. The number of nitrogens with one attached hydrogen (secondary N) is 2. The number of aryl methyl sites for hydroxylation is 1. The minimum atomic E-state index is 0.0716. The van der Waals surface area contributed by atoms with Crippen LogP contribution in [0.15, 0.2) is 85.6 Å². The highest BCUT2D eigenvalue weighted by Crippen LogP contribution is 2.36. The number of nitrogens with zero attached hydrogens (tertiary/aromatic N) is 4. The van der Waals surface area contributed by atoms with Crippen molar-refractivity contribution in [2.24, 2.45) is 0 Å². The first-order valence-corrected chi connectivity index (χ1v) is 11.6. The Morgan fingerprint density at radius 3 is 2.37 bits per heavy atom. The maximum atomic E-state index is 4.67. The molecule has 0 aliphatic heterocycles. The molecule has 0 unspecified atom stereocenters. The zero-order valence-electron chi connectivity index (χ0n) is 20.4. The van der Waals surface area contributed by atoms with Crippen LogP contribution in [0.4, 0.5) is 23.0 Å². The maximum Gasteiger partial charge on any atom is 0.139 e. The van der Waals surface area contributed by atoms with Gasteiger partial charge in [0.2, 0.25) is 0 Å². The molecule has 0 spiro atoms. The maximum absolute atomic E-state index is 4.67. The third kappa shape index (κ3) is 4.68. The van der Waals surface area contributed by atoms with Gasteiger partial charge in [0.25, 0.3) is 0 Å². The summed E-state index contributed by atoms with van der Waals surface area (Å²) >= 11 is 0. The summed E-state index contributed by atoms with van der Waals surface area (Å²) < 4.78 is 0. The van der Waals surface area contributed by atoms with E-state index in [9.17, 15) is 0 Å². The lowest BCUT2D eigenvalue weighted by Crippen LogP contribution is -2.11. The van der Waals surface area contributed by atoms with Crippen molar-refractivity contribution < 1.29 is 0 Å². The Bertz CT molecular complexity index is 1490. The first-order valence-electron chi connectivity index (χ1n) is 11.6. The van der Waals surface area contributed by atoms with Crippen LogP contribution in [0.25, 0.3) is 22.0 Å². The first kappa shape index (κ1) is 22.5. The fourth-order valence-corrected chi connectivity index (χ4v) is 4.11. The highest BCUT2D eigenvalue weighted by atomic mass is 15.0. The lowest BCUT2D eigenvalue weighted by Gasteiger charge is -2.20. The fourth-order valence-electron chi connectivity index (χ4n) is 4.11. The molecule has 2 N–H and O–H groups in total. The number of fused-ring (bicyclic) bond motifs is 1. The van der Waals surface area contributed by atoms with E-state index >= 15 is 0 Å². The summed E-state index contributed by atoms with van der Waals surface area (Å²) in [4.78, 5) is 17.7. The van der Waals surface area contributed by atoms with Gasteiger partial charge in [0, 0.05) is 40.6 Å². The molecular formula is C29H28N6. The van der Waals surface area contributed by atoms with E-state index < -0.39 is 0 Å². The summed E-state index contributed by atoms with van der Waals surface area (Å²) in [6.07, 6.45) is 6.91. The second-order valence-electron chi connectivity index (χ2n) is 9.59. The Labute approximate surface area is 205 Å². The minimum Gasteiger partial charge on any atom is -0.340 e. The van der Waals surface area contributed by atoms with Crippen LogP contribution in [0.1, 0.15) is 31.9 Å². The average molecular weight is 461 g/mol. The van der Waals surface area contributed by atoms with Gasteiger partial charge < -0.3 is 10.6 Å². The summed E-state index contributed by atoms with van der Waals surface area (Å²) in [5.41, 5.74) is 6.20. The normalized spacial score (nSPS) is 11.4. The average Bonchev–Trinajstić information content (AvgIpc) is 2.86. The molecule has 0 fully saturated rings. The van der Waals surface area contributed by atoms with E-state index in [2.05, 4.69) is 94.7 Å². The van der Waals surface area contributed by atoms with Gasteiger partial charge in [-0.3, -0.25) is 0 Å². The standard InChI is InChI=1S/C29H28N6/c1-19-10-11-23-22(12-16-32-27(23)34-21-8-5-7-20(17-21)29(2,3)4)26(19)35-28-24(9-6-14-31-28)25-13-15-30-18-33-25/h5-18H,1-4H3,(H,31,35)(H,32,34). The van der Waals surface area contributed by atoms with Gasteiger partial charge in [-0.25, -0.2) is 19.9 Å². The zero-order chi connectivity index (χ0) is 24.4. The number of pyridine rings is 2. The summed E-state index contributed by atoms with van der Waals surface area (Å²) in [5.74, 6) is 1.56. The molecule has 0 saturated heterocycles. The summed E-state index contributed by atoms with van der Waals surface area (Å²) in [7, 11) is 0. The molecule has 0 amide bonds. The van der Waals surface area contributed by atoms with Crippen molar-refractivity contribution in [3.63, 3.8) is 0 Å². The molecule has 6 heteroatoms. The molecule has 0 radical (unpaired) electrons. The topological polar surface area (TPSA) is 75.6 Å². The van der Waals surface area contributed by atoms with Crippen LogP contribution in [-0.2, 0) is 5.41 Å². The van der Waals surface area contributed by atoms with Crippen molar-refractivity contribution in [1.82, 2.24) is 19.9 Å². The van der Waals surface area contributed by atoms with Crippen LogP contribution < -0.4 is 10.6 Å². The molecule has 35 heavy (non-hydrogen) atoms. The molecule has 0 saturated carbocycles. The predicted molar refractivity (Wildman–Crippen MR) is 143 cm³/mol. The Morgan fingerprint density at radius 2 is 1.57 bits per heavy atom. The van der Waals surface area contributed by atoms with Gasteiger partial charge in [0.1, 0.15) is 18.0 Å². The number of hydrogen-bond acceptors (Lipinski definition) is 6. The van der Waals surface area contributed by atoms with E-state index in [0.29, 0.717) is 0 Å². The third-order valence-electron chi connectivity index (χ3n) is 6.05. The molecular weight excluding hydrogens is 432 g/mol. The molecule has 0 aliphatic carbocycles. The molecule has 5 rings (SSSR count). The summed E-state index contributed by atoms with van der Waals surface area (Å²) in [5, 5.41) is 9.20. The SMILES string of the molecule is Cc1ccc2c(Nc3cccc(C(C)(C)C)c3)nccc2c1Nc1ncccc1-c1ccncn1. The molecule has 0 atom stereocenters. The Kier molecular flexibility index (Phi) is 5.87. The van der Waals surface area contributed by atoms with E-state index in [1.165, 1.54) is 5.56 Å². The van der Waals surface area contributed by atoms with Gasteiger partial charge in [-0.05, 0) is 59.9 Å². The van der Waals surface area contributed by atoms with Crippen LogP contribution in [0.3, 0.4) is 0 Å². The van der Waals surface area contributed by atoms with Crippen molar-refractivity contribution in [3.05, 3.63) is 96.7 Å². The molecule has 174 valence electrons. The van der Waals surface area contributed by atoms with Gasteiger partial charge in [-0.15, -0.1) is 0 Å². The monoisotopic (exact) mass is 460 g/mol. The first-order chi connectivity index (χ1) is 16.9. The predicted octanol–water partition coefficient (Wildman–Crippen LogP) is 7.18. The Balaban J connectivity index is 1.55. The van der Waals surface area contributed by atoms with Crippen LogP contribution >= 0.6 is 0 Å². The van der Waals surface area contributed by atoms with E-state index in [-0.39, 0.29) is 5.41 Å². The van der Waals surface area contributed by atoms with Crippen LogP contribution in [0, 0.1) is 6.92 Å². The van der Waals surface area contributed by atoms with Crippen molar-refractivity contribution in [2.75, 3.05) is 10.6 Å². The quantitative estimate of drug-likeness (QED) is 0.289. The number of aromatic nitrogens is 4. The molecule has 6 nitrogen and oxygen atoms in total. The molecule has 0 aliphatic rings. The minimum absolute atomic E-state index is 0.0716. The van der Waals surface area contributed by atoms with Crippen molar-refractivity contribution in [2.45, 2.75) is 33.1 Å². The van der Waals surface area contributed by atoms with Crippen LogP contribution in [0.2, 0.25) is 0 Å². The second-order valence-corrected chi connectivity index (χ2v) is 9.59. The largest absolute Gasteiger partial charge is 0.340 e. The fraction of sp³-hybridized carbons (Fsp3) is 0.172. The number of benzene rings is 2. The van der Waals surface area contributed by atoms with Crippen molar-refractivity contribution >= 4 is 33.8 Å². The lowest BCUT2D eigenvalue weighted by molar-refractivity contribution is 0.590. The Hall–Kier alpha value is -4.32. The highest BCUT2D eigenvalue weighted by Gasteiger charge is 2.15. The van der Waals surface area contributed by atoms with Gasteiger partial charge >= 0.3 is 0 Å². The summed E-state index contributed by atoms with van der Waals surface area (Å²) in [6.45, 7) is 8.75. The van der Waals surface area contributed by atoms with Crippen molar-refractivity contribution in [1.29, 1.82) is 0 Å². The zero-order valence-corrected chi connectivity index (χ0v) is 20.4. The molecule has 0 bridgehead atoms. The van der Waals surface area contributed by atoms with Gasteiger partial charge in [0.15, 0.2) is 0 Å². The smallest absolute Gasteiger partial charge is 0.139 e. The summed E-state index contributed by atoms with van der Waals surface area (Å²) in [6, 6.07) is 20.6. The van der Waals surface area contributed by atoms with Gasteiger partial charge in [-0.1, -0.05) is 45.0 Å². The number of hydrogen-bond donors (Lipinski definition) is 2. The molecule has 3 aromatic heterocycles. The lowest BCUT2D eigenvalue weighted by atomic mass is 9.87. The van der Waals surface area contributed by atoms with Gasteiger partial charge in [0.05, 0.1) is 11.4 Å². The third-order valence-corrected chi connectivity index (χ3v) is 6.05. The highest BCUT2D eigenvalue weighted by molar-refractivity contribution is 6.03. The van der Waals surface area contributed by atoms with E-state index in [1.54, 1.807) is 18.7 Å². The van der Waals surface area contributed by atoms with Gasteiger partial charge in [-0.2, -0.15) is 0 Å². The molecule has 2 aromatic carbocycles.